The average Bonchev–Trinajstić information content (AvgIpc) is 3.34. The Morgan fingerprint density at radius 3 is 2.68 bits per heavy atom. The number of anilines is 2. The summed E-state index contributed by atoms with van der Waals surface area (Å²) in [5.41, 5.74) is 0.724. The lowest BCUT2D eigenvalue weighted by atomic mass is 10.1. The van der Waals surface area contributed by atoms with Crippen LogP contribution < -0.4 is 20.3 Å². The lowest BCUT2D eigenvalue weighted by Gasteiger charge is -2.36. The zero-order valence-electron chi connectivity index (χ0n) is 18.6. The van der Waals surface area contributed by atoms with Gasteiger partial charge in [-0.2, -0.15) is 13.8 Å². The number of hydrogen-bond donors (Lipinski definition) is 2. The molecule has 0 spiro atoms. The summed E-state index contributed by atoms with van der Waals surface area (Å²) in [7, 11) is 0. The maximum absolute atomic E-state index is 13.0. The number of carbonyl (C=O) groups excluding carboxylic acids is 1. The quantitative estimate of drug-likeness (QED) is 0.578. The molecule has 1 aromatic carbocycles. The Bertz CT molecular complexity index is 1020. The van der Waals surface area contributed by atoms with E-state index in [-0.39, 0.29) is 29.6 Å². The van der Waals surface area contributed by atoms with Crippen LogP contribution in [0.5, 0.6) is 5.75 Å². The van der Waals surface area contributed by atoms with Crippen LogP contribution in [0, 0.1) is 0 Å². The van der Waals surface area contributed by atoms with Crippen LogP contribution in [0.2, 0.25) is 10.0 Å². The molecule has 4 rings (SSSR count). The molecule has 8 nitrogen and oxygen atoms in total. The third kappa shape index (κ3) is 5.79. The normalized spacial score (nSPS) is 19.4. The Morgan fingerprint density at radius 1 is 1.26 bits per heavy atom. The number of hydrogen-bond acceptors (Lipinski definition) is 7. The van der Waals surface area contributed by atoms with E-state index in [1.807, 2.05) is 16.7 Å². The second-order valence-corrected chi connectivity index (χ2v) is 9.10. The van der Waals surface area contributed by atoms with Crippen LogP contribution in [-0.2, 0) is 4.79 Å². The van der Waals surface area contributed by atoms with Crippen molar-refractivity contribution in [3.8, 4) is 5.75 Å². The largest absolute Gasteiger partial charge is 0.429 e. The molecule has 1 amide bonds. The maximum atomic E-state index is 13.0. The number of alkyl halides is 2. The number of halogens is 4. The standard InChI is InChI=1S/C22H26Cl2F2N6O2/c1-13(15-5-4-14(23)11-16(15)24)29-19-18(34-21(25)26)12-28-22(30-19)32-9-7-31(8-10-32)20(33)17-3-2-6-27-17/h4-5,11-13,17,21,27H,2-3,6-10H2,1H3,(H,28,29,30)/t13?,17-/m1/s1. The molecule has 2 aliphatic rings. The number of ether oxygens (including phenoxy) is 1. The molecule has 34 heavy (non-hydrogen) atoms. The molecule has 0 saturated carbocycles. The van der Waals surface area contributed by atoms with Crippen LogP contribution in [0.3, 0.4) is 0 Å². The fraction of sp³-hybridized carbons (Fsp3) is 0.500. The summed E-state index contributed by atoms with van der Waals surface area (Å²) in [5.74, 6) is 0.439. The minimum Gasteiger partial charge on any atom is -0.429 e. The van der Waals surface area contributed by atoms with Crippen LogP contribution in [0.4, 0.5) is 20.5 Å². The first-order valence-corrected chi connectivity index (χ1v) is 11.9. The van der Waals surface area contributed by atoms with Gasteiger partial charge in [0.2, 0.25) is 11.9 Å². The molecule has 2 aromatic rings. The van der Waals surface area contributed by atoms with Crippen molar-refractivity contribution in [2.75, 3.05) is 42.9 Å². The highest BCUT2D eigenvalue weighted by Gasteiger charge is 2.30. The molecule has 2 saturated heterocycles. The van der Waals surface area contributed by atoms with Gasteiger partial charge in [0.25, 0.3) is 0 Å². The summed E-state index contributed by atoms with van der Waals surface area (Å²) in [6, 6.07) is 4.59. The van der Waals surface area contributed by atoms with Gasteiger partial charge in [-0.3, -0.25) is 4.79 Å². The highest BCUT2D eigenvalue weighted by atomic mass is 35.5. The van der Waals surface area contributed by atoms with Crippen LogP contribution >= 0.6 is 23.2 Å². The Labute approximate surface area is 206 Å². The first kappa shape index (κ1) is 24.7. The lowest BCUT2D eigenvalue weighted by molar-refractivity contribution is -0.133. The molecule has 2 fully saturated rings. The zero-order valence-corrected chi connectivity index (χ0v) is 20.1. The van der Waals surface area contributed by atoms with Crippen LogP contribution in [-0.4, -0.2) is 66.2 Å². The fourth-order valence-corrected chi connectivity index (χ4v) is 4.75. The SMILES string of the molecule is CC(Nc1nc(N2CCN(C(=O)[C@H]3CCCN3)CC2)ncc1OC(F)F)c1ccc(Cl)cc1Cl. The van der Waals surface area contributed by atoms with Crippen molar-refractivity contribution in [3.05, 3.63) is 40.0 Å². The Morgan fingerprint density at radius 2 is 2.03 bits per heavy atom. The van der Waals surface area contributed by atoms with E-state index in [0.717, 1.165) is 24.9 Å². The van der Waals surface area contributed by atoms with E-state index in [1.54, 1.807) is 18.2 Å². The summed E-state index contributed by atoms with van der Waals surface area (Å²) in [6.07, 6.45) is 3.10. The average molecular weight is 515 g/mol. The van der Waals surface area contributed by atoms with Crippen molar-refractivity contribution in [1.82, 2.24) is 20.2 Å². The molecule has 184 valence electrons. The van der Waals surface area contributed by atoms with Gasteiger partial charge in [-0.25, -0.2) is 4.98 Å². The van der Waals surface area contributed by atoms with Crippen LogP contribution in [0.1, 0.15) is 31.4 Å². The molecular formula is C22H26Cl2F2N6O2. The van der Waals surface area contributed by atoms with Gasteiger partial charge in [0, 0.05) is 36.2 Å². The molecule has 12 heteroatoms. The molecule has 1 unspecified atom stereocenters. The fourth-order valence-electron chi connectivity index (χ4n) is 4.18. The molecule has 0 bridgehead atoms. The van der Waals surface area contributed by atoms with Crippen molar-refractivity contribution >= 4 is 40.9 Å². The molecule has 0 radical (unpaired) electrons. The highest BCUT2D eigenvalue weighted by Crippen LogP contribution is 2.32. The van der Waals surface area contributed by atoms with Crippen LogP contribution in [0.15, 0.2) is 24.4 Å². The molecule has 1 aromatic heterocycles. The van der Waals surface area contributed by atoms with E-state index >= 15 is 0 Å². The number of nitrogens with zero attached hydrogens (tertiary/aromatic N) is 4. The number of amides is 1. The second-order valence-electron chi connectivity index (χ2n) is 8.25. The molecule has 2 N–H and O–H groups in total. The Balaban J connectivity index is 1.48. The van der Waals surface area contributed by atoms with Gasteiger partial charge in [0.1, 0.15) is 0 Å². The van der Waals surface area contributed by atoms with Crippen molar-refractivity contribution in [3.63, 3.8) is 0 Å². The molecule has 0 aliphatic carbocycles. The summed E-state index contributed by atoms with van der Waals surface area (Å²) in [4.78, 5) is 25.1. The highest BCUT2D eigenvalue weighted by molar-refractivity contribution is 6.35. The Kier molecular flexibility index (Phi) is 7.90. The van der Waals surface area contributed by atoms with Crippen molar-refractivity contribution in [2.24, 2.45) is 0 Å². The van der Waals surface area contributed by atoms with Gasteiger partial charge in [-0.15, -0.1) is 0 Å². The smallest absolute Gasteiger partial charge is 0.387 e. The minimum atomic E-state index is -3.02. The third-order valence-corrected chi connectivity index (χ3v) is 6.54. The van der Waals surface area contributed by atoms with E-state index in [2.05, 4.69) is 25.3 Å². The topological polar surface area (TPSA) is 82.6 Å². The predicted octanol–water partition coefficient (Wildman–Crippen LogP) is 3.96. The van der Waals surface area contributed by atoms with E-state index in [0.29, 0.717) is 42.2 Å². The predicted molar refractivity (Wildman–Crippen MR) is 127 cm³/mol. The number of nitrogens with one attached hydrogen (secondary N) is 2. The summed E-state index contributed by atoms with van der Waals surface area (Å²) < 4.78 is 30.6. The summed E-state index contributed by atoms with van der Waals surface area (Å²) >= 11 is 12.3. The van der Waals surface area contributed by atoms with Gasteiger partial charge in [0.05, 0.1) is 18.3 Å². The first-order chi connectivity index (χ1) is 16.3. The van der Waals surface area contributed by atoms with E-state index in [4.69, 9.17) is 23.2 Å². The van der Waals surface area contributed by atoms with Gasteiger partial charge < -0.3 is 25.2 Å². The minimum absolute atomic E-state index is 0.106. The summed E-state index contributed by atoms with van der Waals surface area (Å²) in [5, 5.41) is 7.27. The van der Waals surface area contributed by atoms with Crippen molar-refractivity contribution in [2.45, 2.75) is 38.5 Å². The molecule has 2 aliphatic heterocycles. The molecule has 3 heterocycles. The number of carbonyl (C=O) groups is 1. The Hall–Kier alpha value is -2.43. The lowest BCUT2D eigenvalue weighted by Crippen LogP contribution is -2.53. The van der Waals surface area contributed by atoms with E-state index in [1.165, 1.54) is 6.20 Å². The third-order valence-electron chi connectivity index (χ3n) is 5.97. The van der Waals surface area contributed by atoms with E-state index < -0.39 is 6.61 Å². The van der Waals surface area contributed by atoms with Gasteiger partial charge in [-0.05, 0) is 44.0 Å². The van der Waals surface area contributed by atoms with Gasteiger partial charge in [0.15, 0.2) is 11.6 Å². The zero-order chi connectivity index (χ0) is 24.2. The monoisotopic (exact) mass is 514 g/mol. The van der Waals surface area contributed by atoms with E-state index in [9.17, 15) is 13.6 Å². The van der Waals surface area contributed by atoms with Gasteiger partial charge >= 0.3 is 6.61 Å². The van der Waals surface area contributed by atoms with Crippen molar-refractivity contribution in [1.29, 1.82) is 0 Å². The second kappa shape index (κ2) is 10.9. The number of rotatable bonds is 7. The number of piperazine rings is 1. The van der Waals surface area contributed by atoms with Gasteiger partial charge in [-0.1, -0.05) is 29.3 Å². The van der Waals surface area contributed by atoms with Crippen molar-refractivity contribution < 1.29 is 18.3 Å². The number of aromatic nitrogens is 2. The maximum Gasteiger partial charge on any atom is 0.387 e. The molecule has 2 atom stereocenters. The molecular weight excluding hydrogens is 489 g/mol. The summed E-state index contributed by atoms with van der Waals surface area (Å²) in [6.45, 7) is 1.81. The van der Waals surface area contributed by atoms with Crippen LogP contribution in [0.25, 0.3) is 0 Å². The number of benzene rings is 1. The first-order valence-electron chi connectivity index (χ1n) is 11.1.